The summed E-state index contributed by atoms with van der Waals surface area (Å²) in [7, 11) is 0. The number of hydrogen-bond donors (Lipinski definition) is 3. The first-order valence-corrected chi connectivity index (χ1v) is 21.1. The van der Waals surface area contributed by atoms with Crippen molar-refractivity contribution in [3.05, 3.63) is 109 Å². The first kappa shape index (κ1) is 45.9. The molecule has 57 heavy (non-hydrogen) atoms. The molecule has 0 heterocycles. The zero-order chi connectivity index (χ0) is 43.8. The van der Waals surface area contributed by atoms with Crippen molar-refractivity contribution in [1.29, 1.82) is 0 Å². The van der Waals surface area contributed by atoms with Gasteiger partial charge >= 0.3 is 0 Å². The number of benzene rings is 3. The Labute approximate surface area is 346 Å². The van der Waals surface area contributed by atoms with Crippen molar-refractivity contribution in [1.82, 2.24) is 0 Å². The highest BCUT2D eigenvalue weighted by atomic mass is 16.3. The Bertz CT molecular complexity index is 2000. The molecule has 312 valence electrons. The van der Waals surface area contributed by atoms with Crippen LogP contribution in [-0.2, 0) is 56.5 Å². The van der Waals surface area contributed by atoms with Gasteiger partial charge in [-0.15, -0.1) is 0 Å². The Morgan fingerprint density at radius 1 is 0.421 bits per heavy atom. The van der Waals surface area contributed by atoms with Gasteiger partial charge in [-0.3, -0.25) is 4.79 Å². The number of allylic oxidation sites excluding steroid dienone is 4. The lowest BCUT2D eigenvalue weighted by atomic mass is 9.71. The Morgan fingerprint density at radius 2 is 0.667 bits per heavy atom. The van der Waals surface area contributed by atoms with Crippen molar-refractivity contribution >= 4 is 5.78 Å². The average Bonchev–Trinajstić information content (AvgIpc) is 3.02. The number of rotatable bonds is 6. The van der Waals surface area contributed by atoms with Gasteiger partial charge in [0.25, 0.3) is 0 Å². The molecule has 4 heteroatoms. The van der Waals surface area contributed by atoms with E-state index < -0.39 is 5.92 Å². The fourth-order valence-electron chi connectivity index (χ4n) is 8.50. The molecule has 1 atom stereocenters. The molecule has 1 aliphatic carbocycles. The predicted octanol–water partition coefficient (Wildman–Crippen LogP) is 13.4. The second-order valence-corrected chi connectivity index (χ2v) is 23.4. The molecule has 0 aliphatic heterocycles. The maximum absolute atomic E-state index is 15.2. The Balaban J connectivity index is 2.03. The minimum absolute atomic E-state index is 0.135. The number of phenols is 3. The lowest BCUT2D eigenvalue weighted by Crippen LogP contribution is -2.29. The lowest BCUT2D eigenvalue weighted by Gasteiger charge is -2.33. The summed E-state index contributed by atoms with van der Waals surface area (Å²) in [5.41, 5.74) is 10.9. The fraction of sp³-hybridized carbons (Fsp3) is 0.566. The zero-order valence-corrected chi connectivity index (χ0v) is 39.4. The monoisotopic (exact) mass is 777 g/mol. The van der Waals surface area contributed by atoms with Gasteiger partial charge in [-0.2, -0.15) is 0 Å². The topological polar surface area (TPSA) is 77.8 Å². The van der Waals surface area contributed by atoms with Gasteiger partial charge in [0.05, 0.1) is 0 Å². The maximum atomic E-state index is 15.2. The molecule has 0 amide bonds. The Hall–Kier alpha value is -3.79. The number of carbonyl (C=O) groups is 1. The molecule has 0 spiro atoms. The molecular weight excluding hydrogens is 701 g/mol. The van der Waals surface area contributed by atoms with Crippen LogP contribution < -0.4 is 0 Å². The van der Waals surface area contributed by atoms with Crippen LogP contribution in [0, 0.1) is 5.92 Å². The van der Waals surface area contributed by atoms with E-state index in [0.29, 0.717) is 36.5 Å². The van der Waals surface area contributed by atoms with Crippen LogP contribution in [0.4, 0.5) is 0 Å². The molecule has 1 aliphatic rings. The normalized spacial score (nSPS) is 16.6. The van der Waals surface area contributed by atoms with Crippen molar-refractivity contribution in [2.24, 2.45) is 5.92 Å². The summed E-state index contributed by atoms with van der Waals surface area (Å²) in [5.74, 6) is 0.776. The van der Waals surface area contributed by atoms with Crippen LogP contribution in [0.15, 0.2) is 58.7 Å². The fourth-order valence-corrected chi connectivity index (χ4v) is 8.50. The molecule has 3 aromatic rings. The SMILES string of the molecule is CC1=C(Cc2cc(C(C)(C)C)c(O)c(C(C)(C)C)c2)C(=O)C(Cc2cc(C(C)(C)C)c(O)c(C(C)(C)C)c2)C(C)=C1Cc1cc(C(C)(C)C)c(O)c(C(C)(C)C)c1. The van der Waals surface area contributed by atoms with Crippen LogP contribution in [-0.4, -0.2) is 21.1 Å². The number of hydrogen-bond acceptors (Lipinski definition) is 4. The van der Waals surface area contributed by atoms with E-state index in [9.17, 15) is 15.3 Å². The second-order valence-electron chi connectivity index (χ2n) is 23.4. The van der Waals surface area contributed by atoms with Gasteiger partial charge in [0.2, 0.25) is 0 Å². The molecule has 0 aromatic heterocycles. The summed E-state index contributed by atoms with van der Waals surface area (Å²) in [6.45, 7) is 42.6. The van der Waals surface area contributed by atoms with Crippen LogP contribution in [0.3, 0.4) is 0 Å². The molecule has 3 N–H and O–H groups in total. The summed E-state index contributed by atoms with van der Waals surface area (Å²) < 4.78 is 0. The molecule has 0 saturated carbocycles. The van der Waals surface area contributed by atoms with Crippen LogP contribution >= 0.6 is 0 Å². The number of aromatic hydroxyl groups is 3. The van der Waals surface area contributed by atoms with Gasteiger partial charge in [-0.25, -0.2) is 0 Å². The van der Waals surface area contributed by atoms with E-state index in [1.165, 1.54) is 0 Å². The van der Waals surface area contributed by atoms with E-state index in [0.717, 1.165) is 72.4 Å². The summed E-state index contributed by atoms with van der Waals surface area (Å²) in [5, 5.41) is 34.8. The van der Waals surface area contributed by atoms with Gasteiger partial charge in [0.15, 0.2) is 5.78 Å². The van der Waals surface area contributed by atoms with E-state index >= 15 is 4.79 Å². The third-order valence-electron chi connectivity index (χ3n) is 12.1. The van der Waals surface area contributed by atoms with Gasteiger partial charge in [0.1, 0.15) is 17.2 Å². The molecule has 1 unspecified atom stereocenters. The third kappa shape index (κ3) is 9.75. The van der Waals surface area contributed by atoms with Crippen LogP contribution in [0.25, 0.3) is 0 Å². The number of ketones is 1. The minimum atomic E-state index is -0.397. The molecule has 0 saturated heterocycles. The molecular formula is C53H76O4. The molecule has 4 nitrogen and oxygen atoms in total. The highest BCUT2D eigenvalue weighted by Crippen LogP contribution is 2.46. The van der Waals surface area contributed by atoms with E-state index in [1.807, 2.05) is 0 Å². The lowest BCUT2D eigenvalue weighted by molar-refractivity contribution is -0.118. The highest BCUT2D eigenvalue weighted by Gasteiger charge is 2.36. The summed E-state index contributed by atoms with van der Waals surface area (Å²) in [4.78, 5) is 15.2. The first-order chi connectivity index (χ1) is 25.5. The summed E-state index contributed by atoms with van der Waals surface area (Å²) >= 11 is 0. The van der Waals surface area contributed by atoms with Crippen LogP contribution in [0.5, 0.6) is 17.2 Å². The van der Waals surface area contributed by atoms with Crippen LogP contribution in [0.1, 0.15) is 189 Å². The molecule has 0 fully saturated rings. The predicted molar refractivity (Wildman–Crippen MR) is 242 cm³/mol. The van der Waals surface area contributed by atoms with Crippen molar-refractivity contribution in [2.75, 3.05) is 0 Å². The first-order valence-electron chi connectivity index (χ1n) is 21.1. The quantitative estimate of drug-likeness (QED) is 0.233. The second kappa shape index (κ2) is 15.1. The molecule has 0 bridgehead atoms. The van der Waals surface area contributed by atoms with Crippen LogP contribution in [0.2, 0.25) is 0 Å². The van der Waals surface area contributed by atoms with Crippen molar-refractivity contribution < 1.29 is 20.1 Å². The van der Waals surface area contributed by atoms with Gasteiger partial charge < -0.3 is 15.3 Å². The van der Waals surface area contributed by atoms with Crippen molar-refractivity contribution in [3.8, 4) is 17.2 Å². The molecule has 0 radical (unpaired) electrons. The number of Topliss-reactive ketones (excluding diaryl/α,β-unsaturated/α-hetero) is 1. The minimum Gasteiger partial charge on any atom is -0.507 e. The Morgan fingerprint density at radius 3 is 0.930 bits per heavy atom. The maximum Gasteiger partial charge on any atom is 0.166 e. The van der Waals surface area contributed by atoms with E-state index in [2.05, 4.69) is 175 Å². The van der Waals surface area contributed by atoms with Gasteiger partial charge in [-0.05, 0) is 120 Å². The molecule has 4 rings (SSSR count). The highest BCUT2D eigenvalue weighted by molar-refractivity contribution is 6.02. The smallest absolute Gasteiger partial charge is 0.166 e. The number of phenolic OH excluding ortho intramolecular Hbond substituents is 3. The van der Waals surface area contributed by atoms with Gasteiger partial charge in [-0.1, -0.05) is 167 Å². The largest absolute Gasteiger partial charge is 0.507 e. The third-order valence-corrected chi connectivity index (χ3v) is 12.1. The van der Waals surface area contributed by atoms with Gasteiger partial charge in [0, 0.05) is 17.9 Å². The summed E-state index contributed by atoms with van der Waals surface area (Å²) in [6, 6.07) is 12.8. The standard InChI is InChI=1S/C53H76O4/c1-30-35(21-32-24-38(48(3,4)5)45(55)39(25-32)49(6,7)8)31(2)37(23-34-28-42(52(15,16)17)47(57)43(29-34)53(18,19)20)44(54)36(30)22-33-26-40(50(9,10)11)46(56)41(27-33)51(12,13)14/h24-29,36,55-57H,21-23H2,1-20H3. The van der Waals surface area contributed by atoms with Crippen molar-refractivity contribution in [3.63, 3.8) is 0 Å². The van der Waals surface area contributed by atoms with E-state index in [4.69, 9.17) is 0 Å². The average molecular weight is 777 g/mol. The van der Waals surface area contributed by atoms with E-state index in [1.54, 1.807) is 0 Å². The Kier molecular flexibility index (Phi) is 12.2. The summed E-state index contributed by atoms with van der Waals surface area (Å²) in [6.07, 6.45) is 1.60. The zero-order valence-electron chi connectivity index (χ0n) is 39.4. The van der Waals surface area contributed by atoms with Crippen molar-refractivity contribution in [2.45, 2.75) is 190 Å². The van der Waals surface area contributed by atoms with E-state index in [-0.39, 0.29) is 38.3 Å². The number of carbonyl (C=O) groups excluding carboxylic acids is 1. The molecule has 3 aromatic carbocycles.